The molecule has 0 spiro atoms. The summed E-state index contributed by atoms with van der Waals surface area (Å²) in [6.07, 6.45) is 0.847. The Labute approximate surface area is 160 Å². The van der Waals surface area contributed by atoms with E-state index in [9.17, 15) is 0 Å². The Morgan fingerprint density at radius 2 is 2.04 bits per heavy atom. The van der Waals surface area contributed by atoms with E-state index in [4.69, 9.17) is 10.5 Å². The molecule has 2 aromatic carbocycles. The van der Waals surface area contributed by atoms with Gasteiger partial charge in [0.05, 0.1) is 18.7 Å². The molecule has 1 aliphatic rings. The molecule has 1 aliphatic heterocycles. The van der Waals surface area contributed by atoms with Crippen molar-refractivity contribution in [3.63, 3.8) is 0 Å². The number of rotatable bonds is 4. The molecule has 0 aliphatic carbocycles. The zero-order valence-electron chi connectivity index (χ0n) is 14.4. The predicted molar refractivity (Wildman–Crippen MR) is 105 cm³/mol. The molecule has 2 unspecified atom stereocenters. The number of nitrogens with zero attached hydrogens (tertiary/aromatic N) is 3. The first-order valence-corrected chi connectivity index (χ1v) is 9.40. The maximum atomic E-state index is 5.86. The van der Waals surface area contributed by atoms with Gasteiger partial charge in [-0.05, 0) is 48.7 Å². The highest BCUT2D eigenvalue weighted by atomic mass is 79.9. The van der Waals surface area contributed by atoms with Crippen molar-refractivity contribution in [2.45, 2.75) is 25.4 Å². The Hall–Kier alpha value is -2.54. The number of hydrogen-bond donors (Lipinski definition) is 2. The van der Waals surface area contributed by atoms with Gasteiger partial charge in [-0.3, -0.25) is 0 Å². The summed E-state index contributed by atoms with van der Waals surface area (Å²) in [5.74, 6) is 1.85. The summed E-state index contributed by atoms with van der Waals surface area (Å²) in [6, 6.07) is 16.6. The lowest BCUT2D eigenvalue weighted by atomic mass is 9.93. The minimum Gasteiger partial charge on any atom is -0.494 e. The molecule has 3 aromatic rings. The predicted octanol–water partition coefficient (Wildman–Crippen LogP) is 4.17. The van der Waals surface area contributed by atoms with E-state index in [0.29, 0.717) is 12.6 Å². The first-order chi connectivity index (χ1) is 12.6. The average Bonchev–Trinajstić information content (AvgIpc) is 3.02. The Morgan fingerprint density at radius 1 is 1.23 bits per heavy atom. The monoisotopic (exact) mass is 413 g/mol. The highest BCUT2D eigenvalue weighted by Gasteiger charge is 2.30. The second-order valence-corrected chi connectivity index (χ2v) is 7.16. The fourth-order valence-corrected chi connectivity index (χ4v) is 3.78. The molecule has 2 heterocycles. The van der Waals surface area contributed by atoms with Crippen LogP contribution in [-0.2, 0) is 0 Å². The van der Waals surface area contributed by atoms with E-state index < -0.39 is 0 Å². The maximum absolute atomic E-state index is 5.86. The second-order valence-electron chi connectivity index (χ2n) is 6.24. The number of fused-ring (bicyclic) bond motifs is 1. The molecule has 134 valence electrons. The molecule has 4 rings (SSSR count). The zero-order valence-corrected chi connectivity index (χ0v) is 16.0. The number of aromatic nitrogens is 3. The number of benzene rings is 2. The van der Waals surface area contributed by atoms with Crippen molar-refractivity contribution in [1.29, 1.82) is 0 Å². The highest BCUT2D eigenvalue weighted by Crippen LogP contribution is 2.38. The fourth-order valence-electron chi connectivity index (χ4n) is 3.37. The van der Waals surface area contributed by atoms with Crippen molar-refractivity contribution < 1.29 is 4.74 Å². The molecule has 2 atom stereocenters. The molecule has 0 saturated carbocycles. The third-order valence-corrected chi connectivity index (χ3v) is 5.03. The number of halogens is 1. The van der Waals surface area contributed by atoms with Gasteiger partial charge < -0.3 is 15.8 Å². The summed E-state index contributed by atoms with van der Waals surface area (Å²) >= 11 is 3.56. The Bertz CT molecular complexity index is 909. The maximum Gasteiger partial charge on any atom is 0.241 e. The van der Waals surface area contributed by atoms with Crippen molar-refractivity contribution in [1.82, 2.24) is 14.8 Å². The van der Waals surface area contributed by atoms with E-state index in [1.54, 1.807) is 0 Å². The molecule has 0 saturated heterocycles. The summed E-state index contributed by atoms with van der Waals surface area (Å²) in [5.41, 5.74) is 8.21. The smallest absolute Gasteiger partial charge is 0.241 e. The van der Waals surface area contributed by atoms with Crippen LogP contribution in [0.5, 0.6) is 5.75 Å². The van der Waals surface area contributed by atoms with Crippen molar-refractivity contribution in [2.75, 3.05) is 17.7 Å². The van der Waals surface area contributed by atoms with Crippen molar-refractivity contribution in [2.24, 2.45) is 0 Å². The molecule has 7 heteroatoms. The van der Waals surface area contributed by atoms with Gasteiger partial charge in [0.1, 0.15) is 5.75 Å². The summed E-state index contributed by atoms with van der Waals surface area (Å²) in [6.45, 7) is 2.64. The Kier molecular flexibility index (Phi) is 4.55. The van der Waals surface area contributed by atoms with Gasteiger partial charge in [-0.25, -0.2) is 4.68 Å². The van der Waals surface area contributed by atoms with Gasteiger partial charge in [0.25, 0.3) is 0 Å². The van der Waals surface area contributed by atoms with Gasteiger partial charge in [0.2, 0.25) is 11.9 Å². The molecular formula is C19H20BrN5O. The number of ether oxygens (including phenoxy) is 1. The van der Waals surface area contributed by atoms with E-state index in [2.05, 4.69) is 55.6 Å². The Balaban J connectivity index is 1.69. The standard InChI is InChI=1S/C19H20BrN5O/c1-2-26-15-8-6-12(7-9-15)16-11-17(13-4-3-5-14(20)10-13)25-19(22-16)23-18(21)24-25/h3-10,16-17H,2,11H2,1H3,(H3,21,22,23,24). The number of nitrogens with two attached hydrogens (primary N) is 1. The van der Waals surface area contributed by atoms with E-state index in [1.165, 1.54) is 11.1 Å². The topological polar surface area (TPSA) is 78.0 Å². The highest BCUT2D eigenvalue weighted by molar-refractivity contribution is 9.10. The summed E-state index contributed by atoms with van der Waals surface area (Å²) < 4.78 is 8.46. The van der Waals surface area contributed by atoms with Crippen LogP contribution in [-0.4, -0.2) is 21.4 Å². The van der Waals surface area contributed by atoms with Crippen LogP contribution in [0.25, 0.3) is 0 Å². The number of nitrogen functional groups attached to an aromatic ring is 1. The minimum absolute atomic E-state index is 0.0603. The summed E-state index contributed by atoms with van der Waals surface area (Å²) in [4.78, 5) is 4.35. The average molecular weight is 414 g/mol. The van der Waals surface area contributed by atoms with Gasteiger partial charge in [0.15, 0.2) is 0 Å². The molecular weight excluding hydrogens is 394 g/mol. The lowest BCUT2D eigenvalue weighted by Gasteiger charge is -2.31. The van der Waals surface area contributed by atoms with Gasteiger partial charge in [-0.1, -0.05) is 40.2 Å². The van der Waals surface area contributed by atoms with Crippen LogP contribution >= 0.6 is 15.9 Å². The van der Waals surface area contributed by atoms with Crippen LogP contribution in [0.3, 0.4) is 0 Å². The van der Waals surface area contributed by atoms with Gasteiger partial charge >= 0.3 is 0 Å². The first kappa shape index (κ1) is 16.9. The van der Waals surface area contributed by atoms with Crippen molar-refractivity contribution in [3.05, 3.63) is 64.1 Å². The van der Waals surface area contributed by atoms with E-state index in [-0.39, 0.29) is 18.0 Å². The van der Waals surface area contributed by atoms with Crippen LogP contribution in [0.4, 0.5) is 11.9 Å². The van der Waals surface area contributed by atoms with E-state index >= 15 is 0 Å². The largest absolute Gasteiger partial charge is 0.494 e. The lowest BCUT2D eigenvalue weighted by Crippen LogP contribution is -2.28. The van der Waals surface area contributed by atoms with Crippen LogP contribution in [0.2, 0.25) is 0 Å². The lowest BCUT2D eigenvalue weighted by molar-refractivity contribution is 0.340. The van der Waals surface area contributed by atoms with Gasteiger partial charge in [-0.2, -0.15) is 4.98 Å². The SMILES string of the molecule is CCOc1ccc(C2CC(c3cccc(Br)c3)n3nc(N)nc3N2)cc1. The van der Waals surface area contributed by atoms with Gasteiger partial charge in [-0.15, -0.1) is 5.10 Å². The van der Waals surface area contributed by atoms with Crippen LogP contribution in [0.1, 0.15) is 36.6 Å². The molecule has 0 radical (unpaired) electrons. The molecule has 26 heavy (non-hydrogen) atoms. The quantitative estimate of drug-likeness (QED) is 0.670. The molecule has 3 N–H and O–H groups in total. The minimum atomic E-state index is 0.0603. The van der Waals surface area contributed by atoms with Crippen molar-refractivity contribution in [3.8, 4) is 5.75 Å². The Morgan fingerprint density at radius 3 is 2.77 bits per heavy atom. The summed E-state index contributed by atoms with van der Waals surface area (Å²) in [5, 5.41) is 7.85. The summed E-state index contributed by atoms with van der Waals surface area (Å²) in [7, 11) is 0. The third kappa shape index (κ3) is 3.26. The van der Waals surface area contributed by atoms with Gasteiger partial charge in [0, 0.05) is 4.47 Å². The van der Waals surface area contributed by atoms with E-state index in [0.717, 1.165) is 16.6 Å². The molecule has 6 nitrogen and oxygen atoms in total. The number of anilines is 2. The third-order valence-electron chi connectivity index (χ3n) is 4.53. The second kappa shape index (κ2) is 6.99. The van der Waals surface area contributed by atoms with Crippen LogP contribution < -0.4 is 15.8 Å². The molecule has 0 bridgehead atoms. The molecule has 0 fully saturated rings. The first-order valence-electron chi connectivity index (χ1n) is 8.61. The van der Waals surface area contributed by atoms with Crippen LogP contribution in [0, 0.1) is 0 Å². The van der Waals surface area contributed by atoms with Crippen LogP contribution in [0.15, 0.2) is 53.0 Å². The zero-order chi connectivity index (χ0) is 18.1. The van der Waals surface area contributed by atoms with E-state index in [1.807, 2.05) is 35.9 Å². The molecule has 0 amide bonds. The number of hydrogen-bond acceptors (Lipinski definition) is 5. The van der Waals surface area contributed by atoms with Crippen molar-refractivity contribution >= 4 is 27.8 Å². The number of nitrogens with one attached hydrogen (secondary N) is 1. The normalized spacial score (nSPS) is 18.8. The fraction of sp³-hybridized carbons (Fsp3) is 0.263. The molecule has 1 aromatic heterocycles.